The van der Waals surface area contributed by atoms with Gasteiger partial charge in [-0.05, 0) is 30.5 Å². The Morgan fingerprint density at radius 1 is 1.03 bits per heavy atom. The number of halogens is 1. The van der Waals surface area contributed by atoms with Gasteiger partial charge in [0.2, 0.25) is 0 Å². The first-order valence-corrected chi connectivity index (χ1v) is 12.5. The van der Waals surface area contributed by atoms with E-state index in [1.165, 1.54) is 5.56 Å². The normalized spacial score (nSPS) is 14.5. The van der Waals surface area contributed by atoms with Crippen LogP contribution in [0, 0.1) is 12.8 Å². The lowest BCUT2D eigenvalue weighted by Gasteiger charge is -2.34. The van der Waals surface area contributed by atoms with E-state index < -0.39 is 0 Å². The zero-order chi connectivity index (χ0) is 24.5. The molecule has 3 aromatic carbocycles. The van der Waals surface area contributed by atoms with Gasteiger partial charge in [-0.1, -0.05) is 85.6 Å². The van der Waals surface area contributed by atoms with Crippen molar-refractivity contribution in [3.05, 3.63) is 116 Å². The van der Waals surface area contributed by atoms with Crippen molar-refractivity contribution in [2.45, 2.75) is 33.2 Å². The third-order valence-electron chi connectivity index (χ3n) is 6.62. The van der Waals surface area contributed by atoms with Crippen LogP contribution in [-0.4, -0.2) is 23.8 Å². The van der Waals surface area contributed by atoms with Crippen LogP contribution in [-0.2, 0) is 6.42 Å². The Labute approximate surface area is 210 Å². The smallest absolute Gasteiger partial charge is 0.196 e. The van der Waals surface area contributed by atoms with Crippen molar-refractivity contribution in [3.63, 3.8) is 0 Å². The van der Waals surface area contributed by atoms with E-state index >= 15 is 0 Å². The van der Waals surface area contributed by atoms with E-state index in [1.807, 2.05) is 18.2 Å². The number of rotatable bonds is 6. The van der Waals surface area contributed by atoms with Gasteiger partial charge in [-0.2, -0.15) is 0 Å². The number of fused-ring (bicyclic) bond motifs is 1. The molecule has 35 heavy (non-hydrogen) atoms. The SMILES string of the molecule is Cc1ccc(C2=NCCN2C(c2oc3cc(Cl)ccc3c(=O)c2Cc2ccccc2)C(C)C)cc1. The molecule has 4 aromatic rings. The van der Waals surface area contributed by atoms with Crippen LogP contribution < -0.4 is 5.43 Å². The quantitative estimate of drug-likeness (QED) is 0.302. The molecule has 0 bridgehead atoms. The molecule has 0 fully saturated rings. The van der Waals surface area contributed by atoms with Crippen molar-refractivity contribution < 1.29 is 4.42 Å². The molecule has 0 aliphatic carbocycles. The third kappa shape index (κ3) is 4.63. The van der Waals surface area contributed by atoms with Crippen LogP contribution in [0.2, 0.25) is 5.02 Å². The molecule has 0 spiro atoms. The van der Waals surface area contributed by atoms with Crippen molar-refractivity contribution in [2.24, 2.45) is 10.9 Å². The minimum Gasteiger partial charge on any atom is -0.458 e. The van der Waals surface area contributed by atoms with E-state index in [1.54, 1.807) is 18.2 Å². The monoisotopic (exact) mass is 484 g/mol. The summed E-state index contributed by atoms with van der Waals surface area (Å²) in [7, 11) is 0. The second kappa shape index (κ2) is 9.71. The van der Waals surface area contributed by atoms with Crippen molar-refractivity contribution in [1.82, 2.24) is 4.90 Å². The summed E-state index contributed by atoms with van der Waals surface area (Å²) in [6.07, 6.45) is 0.505. The Kier molecular flexibility index (Phi) is 6.48. The lowest BCUT2D eigenvalue weighted by atomic mass is 9.92. The van der Waals surface area contributed by atoms with Crippen LogP contribution >= 0.6 is 11.6 Å². The Hall–Kier alpha value is -3.37. The van der Waals surface area contributed by atoms with Gasteiger partial charge in [0.1, 0.15) is 17.2 Å². The van der Waals surface area contributed by atoms with Crippen LogP contribution in [0.3, 0.4) is 0 Å². The standard InChI is InChI=1S/C30H29ClN2O2/c1-19(2)27(33-16-15-32-30(33)22-11-9-20(3)10-12-22)29-25(17-21-7-5-4-6-8-21)28(34)24-14-13-23(31)18-26(24)35-29/h4-14,18-19,27H,15-17H2,1-3H3. The first-order valence-electron chi connectivity index (χ1n) is 12.1. The summed E-state index contributed by atoms with van der Waals surface area (Å²) >= 11 is 6.29. The summed E-state index contributed by atoms with van der Waals surface area (Å²) in [6, 6.07) is 23.6. The van der Waals surface area contributed by atoms with Crippen LogP contribution in [0.5, 0.6) is 0 Å². The molecule has 1 atom stereocenters. The van der Waals surface area contributed by atoms with Gasteiger partial charge in [0.25, 0.3) is 0 Å². The lowest BCUT2D eigenvalue weighted by Crippen LogP contribution is -2.37. The van der Waals surface area contributed by atoms with E-state index in [0.29, 0.717) is 40.3 Å². The topological polar surface area (TPSA) is 45.8 Å². The van der Waals surface area contributed by atoms with Crippen molar-refractivity contribution in [1.29, 1.82) is 0 Å². The molecule has 2 heterocycles. The summed E-state index contributed by atoms with van der Waals surface area (Å²) in [5.74, 6) is 1.83. The Morgan fingerprint density at radius 2 is 1.77 bits per heavy atom. The first kappa shape index (κ1) is 23.4. The van der Waals surface area contributed by atoms with Crippen molar-refractivity contribution >= 4 is 28.4 Å². The van der Waals surface area contributed by atoms with Crippen molar-refractivity contribution in [3.8, 4) is 0 Å². The number of amidine groups is 1. The zero-order valence-electron chi connectivity index (χ0n) is 20.3. The molecule has 178 valence electrons. The molecule has 1 unspecified atom stereocenters. The maximum absolute atomic E-state index is 13.8. The predicted octanol–water partition coefficient (Wildman–Crippen LogP) is 6.81. The first-order chi connectivity index (χ1) is 16.9. The number of hydrogen-bond donors (Lipinski definition) is 0. The number of benzene rings is 3. The van der Waals surface area contributed by atoms with Crippen LogP contribution in [0.15, 0.2) is 87.0 Å². The lowest BCUT2D eigenvalue weighted by molar-refractivity contribution is 0.232. The number of nitrogens with zero attached hydrogens (tertiary/aromatic N) is 2. The number of aryl methyl sites for hydroxylation is 1. The zero-order valence-corrected chi connectivity index (χ0v) is 21.0. The fourth-order valence-corrected chi connectivity index (χ4v) is 5.09. The number of aliphatic imine (C=N–C) groups is 1. The molecule has 0 radical (unpaired) electrons. The predicted molar refractivity (Wildman–Crippen MR) is 144 cm³/mol. The maximum Gasteiger partial charge on any atom is 0.196 e. The van der Waals surface area contributed by atoms with E-state index in [4.69, 9.17) is 21.0 Å². The molecular formula is C30H29ClN2O2. The summed E-state index contributed by atoms with van der Waals surface area (Å²) < 4.78 is 6.58. The molecule has 4 nitrogen and oxygen atoms in total. The summed E-state index contributed by atoms with van der Waals surface area (Å²) in [5, 5.41) is 1.10. The van der Waals surface area contributed by atoms with Crippen molar-refractivity contribution in [2.75, 3.05) is 13.1 Å². The largest absolute Gasteiger partial charge is 0.458 e. The van der Waals surface area contributed by atoms with Crippen LogP contribution in [0.1, 0.15) is 47.9 Å². The average Bonchev–Trinajstić information content (AvgIpc) is 3.31. The van der Waals surface area contributed by atoms with E-state index in [2.05, 4.69) is 62.1 Å². The van der Waals surface area contributed by atoms with Gasteiger partial charge in [-0.15, -0.1) is 0 Å². The van der Waals surface area contributed by atoms with Gasteiger partial charge < -0.3 is 9.32 Å². The second-order valence-corrected chi connectivity index (χ2v) is 9.97. The molecule has 0 saturated heterocycles. The highest BCUT2D eigenvalue weighted by atomic mass is 35.5. The minimum absolute atomic E-state index is 0.000409. The molecule has 5 rings (SSSR count). The molecule has 1 aromatic heterocycles. The molecule has 1 aliphatic heterocycles. The van der Waals surface area contributed by atoms with Gasteiger partial charge in [-0.25, -0.2) is 0 Å². The van der Waals surface area contributed by atoms with Gasteiger partial charge in [0.15, 0.2) is 5.43 Å². The Balaban J connectivity index is 1.69. The van der Waals surface area contributed by atoms with Gasteiger partial charge in [0, 0.05) is 35.2 Å². The highest BCUT2D eigenvalue weighted by Crippen LogP contribution is 2.36. The summed E-state index contributed by atoms with van der Waals surface area (Å²) in [6.45, 7) is 7.91. The van der Waals surface area contributed by atoms with Gasteiger partial charge >= 0.3 is 0 Å². The summed E-state index contributed by atoms with van der Waals surface area (Å²) in [5.41, 5.74) is 4.58. The van der Waals surface area contributed by atoms with Crippen LogP contribution in [0.25, 0.3) is 11.0 Å². The second-order valence-electron chi connectivity index (χ2n) is 9.53. The fourth-order valence-electron chi connectivity index (χ4n) is 4.92. The molecule has 0 N–H and O–H groups in total. The van der Waals surface area contributed by atoms with E-state index in [9.17, 15) is 4.79 Å². The highest BCUT2D eigenvalue weighted by Gasteiger charge is 2.34. The molecular weight excluding hydrogens is 456 g/mol. The van der Waals surface area contributed by atoms with E-state index in [-0.39, 0.29) is 17.4 Å². The number of hydrogen-bond acceptors (Lipinski definition) is 4. The van der Waals surface area contributed by atoms with Gasteiger partial charge in [0.05, 0.1) is 18.0 Å². The third-order valence-corrected chi connectivity index (χ3v) is 6.86. The summed E-state index contributed by atoms with van der Waals surface area (Å²) in [4.78, 5) is 21.0. The Morgan fingerprint density at radius 3 is 2.49 bits per heavy atom. The van der Waals surface area contributed by atoms with E-state index in [0.717, 1.165) is 23.5 Å². The maximum atomic E-state index is 13.8. The highest BCUT2D eigenvalue weighted by molar-refractivity contribution is 6.31. The van der Waals surface area contributed by atoms with Crippen LogP contribution in [0.4, 0.5) is 0 Å². The molecule has 0 amide bonds. The molecule has 0 saturated carbocycles. The minimum atomic E-state index is -0.146. The molecule has 1 aliphatic rings. The van der Waals surface area contributed by atoms with Gasteiger partial charge in [-0.3, -0.25) is 9.79 Å². The fraction of sp³-hybridized carbons (Fsp3) is 0.267. The molecule has 5 heteroatoms. The Bertz CT molecular complexity index is 1440. The average molecular weight is 485 g/mol.